The fraction of sp³-hybridized carbons (Fsp3) is 0.636. The van der Waals surface area contributed by atoms with Crippen LogP contribution in [0.25, 0.3) is 0 Å². The zero-order valence-electron chi connectivity index (χ0n) is 18.0. The van der Waals surface area contributed by atoms with Gasteiger partial charge in [-0.3, -0.25) is 0 Å². The molecule has 1 fully saturated rings. The molecular formula is C22H34N2O5. The number of hydrogen-bond donors (Lipinski definition) is 1. The quantitative estimate of drug-likeness (QED) is 0.741. The molecule has 0 radical (unpaired) electrons. The summed E-state index contributed by atoms with van der Waals surface area (Å²) >= 11 is 0. The van der Waals surface area contributed by atoms with Crippen LogP contribution in [0.5, 0.6) is 0 Å². The summed E-state index contributed by atoms with van der Waals surface area (Å²) in [5.74, 6) is 0.348. The van der Waals surface area contributed by atoms with Gasteiger partial charge >= 0.3 is 12.2 Å². The number of likely N-dealkylation sites (N-methyl/N-ethyl adjacent to an activating group) is 1. The highest BCUT2D eigenvalue weighted by atomic mass is 16.6. The smallest absolute Gasteiger partial charge is 0.410 e. The van der Waals surface area contributed by atoms with Crippen LogP contribution in [0, 0.1) is 5.92 Å². The third-order valence-electron chi connectivity index (χ3n) is 4.78. The monoisotopic (exact) mass is 406 g/mol. The zero-order chi connectivity index (χ0) is 21.3. The normalized spacial score (nSPS) is 17.9. The van der Waals surface area contributed by atoms with Crippen molar-refractivity contribution in [2.24, 2.45) is 5.92 Å². The van der Waals surface area contributed by atoms with E-state index in [4.69, 9.17) is 14.2 Å². The van der Waals surface area contributed by atoms with E-state index in [2.05, 4.69) is 5.32 Å². The van der Waals surface area contributed by atoms with Gasteiger partial charge in [-0.05, 0) is 51.5 Å². The Morgan fingerprint density at radius 2 is 2.00 bits per heavy atom. The van der Waals surface area contributed by atoms with E-state index in [9.17, 15) is 9.59 Å². The van der Waals surface area contributed by atoms with Crippen molar-refractivity contribution < 1.29 is 23.8 Å². The molecule has 1 N–H and O–H groups in total. The maximum atomic E-state index is 12.5. The fourth-order valence-corrected chi connectivity index (χ4v) is 3.21. The summed E-state index contributed by atoms with van der Waals surface area (Å²) < 4.78 is 16.3. The molecule has 2 atom stereocenters. The summed E-state index contributed by atoms with van der Waals surface area (Å²) in [6.45, 7) is 7.46. The molecule has 1 aliphatic heterocycles. The van der Waals surface area contributed by atoms with Crippen LogP contribution >= 0.6 is 0 Å². The van der Waals surface area contributed by atoms with E-state index in [1.807, 2.05) is 51.1 Å². The van der Waals surface area contributed by atoms with Gasteiger partial charge in [0.15, 0.2) is 0 Å². The Balaban J connectivity index is 1.90. The van der Waals surface area contributed by atoms with Crippen LogP contribution < -0.4 is 5.32 Å². The molecule has 2 amide bonds. The van der Waals surface area contributed by atoms with E-state index in [0.29, 0.717) is 19.1 Å². The molecule has 0 unspecified atom stereocenters. The van der Waals surface area contributed by atoms with E-state index >= 15 is 0 Å². The molecule has 1 aliphatic rings. The number of hydrogen-bond acceptors (Lipinski definition) is 5. The van der Waals surface area contributed by atoms with E-state index in [0.717, 1.165) is 31.4 Å². The zero-order valence-corrected chi connectivity index (χ0v) is 18.0. The molecule has 0 spiro atoms. The highest BCUT2D eigenvalue weighted by molar-refractivity contribution is 5.69. The number of carbonyl (C=O) groups excluding carboxylic acids is 2. The number of nitrogens with zero attached hydrogens (tertiary/aromatic N) is 1. The van der Waals surface area contributed by atoms with Crippen LogP contribution in [-0.2, 0) is 20.8 Å². The molecule has 162 valence electrons. The first-order chi connectivity index (χ1) is 13.7. The summed E-state index contributed by atoms with van der Waals surface area (Å²) in [7, 11) is 1.71. The lowest BCUT2D eigenvalue weighted by molar-refractivity contribution is 0.0111. The van der Waals surface area contributed by atoms with Crippen LogP contribution in [0.1, 0.15) is 45.6 Å². The van der Waals surface area contributed by atoms with Crippen LogP contribution in [0.15, 0.2) is 30.3 Å². The number of ether oxygens (including phenoxy) is 3. The minimum absolute atomic E-state index is 0.204. The van der Waals surface area contributed by atoms with Crippen molar-refractivity contribution in [1.82, 2.24) is 10.2 Å². The van der Waals surface area contributed by atoms with Gasteiger partial charge in [0.1, 0.15) is 12.2 Å². The molecule has 1 saturated heterocycles. The second-order valence-electron chi connectivity index (χ2n) is 8.51. The summed E-state index contributed by atoms with van der Waals surface area (Å²) in [4.78, 5) is 26.2. The van der Waals surface area contributed by atoms with E-state index in [1.54, 1.807) is 11.9 Å². The first kappa shape index (κ1) is 23.0. The average Bonchev–Trinajstić information content (AvgIpc) is 2.69. The van der Waals surface area contributed by atoms with Gasteiger partial charge in [-0.15, -0.1) is 0 Å². The van der Waals surface area contributed by atoms with Gasteiger partial charge in [-0.1, -0.05) is 30.3 Å². The lowest BCUT2D eigenvalue weighted by atomic mass is 9.94. The van der Waals surface area contributed by atoms with E-state index in [1.165, 1.54) is 0 Å². The van der Waals surface area contributed by atoms with Gasteiger partial charge in [-0.2, -0.15) is 0 Å². The largest absolute Gasteiger partial charge is 0.445 e. The van der Waals surface area contributed by atoms with Gasteiger partial charge in [0.2, 0.25) is 0 Å². The van der Waals surface area contributed by atoms with Gasteiger partial charge < -0.3 is 24.4 Å². The highest BCUT2D eigenvalue weighted by Crippen LogP contribution is 2.22. The predicted octanol–water partition coefficient (Wildman–Crippen LogP) is 3.97. The molecule has 2 rings (SSSR count). The highest BCUT2D eigenvalue weighted by Gasteiger charge is 2.28. The molecule has 1 aromatic rings. The summed E-state index contributed by atoms with van der Waals surface area (Å²) in [6.07, 6.45) is 1.89. The first-order valence-electron chi connectivity index (χ1n) is 10.2. The molecule has 1 heterocycles. The Labute approximate surface area is 173 Å². The summed E-state index contributed by atoms with van der Waals surface area (Å²) in [6, 6.07) is 9.30. The standard InChI is InChI=1S/C22H34N2O5/c1-22(2,3)29-21(26)24(4)19(13-18-11-8-12-27-15-18)14-23-20(25)28-16-17-9-6-5-7-10-17/h5-7,9-10,18-19H,8,11-16H2,1-4H3,(H,23,25)/t18-,19-/m1/s1. The Morgan fingerprint density at radius 1 is 1.28 bits per heavy atom. The van der Waals surface area contributed by atoms with Crippen LogP contribution in [-0.4, -0.2) is 55.5 Å². The lowest BCUT2D eigenvalue weighted by Crippen LogP contribution is -2.48. The Kier molecular flexibility index (Phi) is 8.76. The van der Waals surface area contributed by atoms with Gasteiger partial charge in [0.25, 0.3) is 0 Å². The number of benzene rings is 1. The molecule has 0 aliphatic carbocycles. The van der Waals surface area contributed by atoms with Gasteiger partial charge in [0.05, 0.1) is 6.04 Å². The molecule has 0 bridgehead atoms. The molecule has 0 aromatic heterocycles. The van der Waals surface area contributed by atoms with Gasteiger partial charge in [0, 0.05) is 26.8 Å². The molecule has 7 nitrogen and oxygen atoms in total. The van der Waals surface area contributed by atoms with Crippen molar-refractivity contribution in [3.05, 3.63) is 35.9 Å². The molecule has 1 aromatic carbocycles. The van der Waals surface area contributed by atoms with Gasteiger partial charge in [-0.25, -0.2) is 9.59 Å². The number of alkyl carbamates (subject to hydrolysis) is 1. The third-order valence-corrected chi connectivity index (χ3v) is 4.78. The number of rotatable bonds is 7. The topological polar surface area (TPSA) is 77.1 Å². The number of carbonyl (C=O) groups is 2. The van der Waals surface area contributed by atoms with E-state index < -0.39 is 17.8 Å². The number of nitrogens with one attached hydrogen (secondary N) is 1. The predicted molar refractivity (Wildman–Crippen MR) is 111 cm³/mol. The van der Waals surface area contributed by atoms with Crippen molar-refractivity contribution in [3.63, 3.8) is 0 Å². The van der Waals surface area contributed by atoms with Crippen LogP contribution in [0.2, 0.25) is 0 Å². The van der Waals surface area contributed by atoms with Crippen molar-refractivity contribution >= 4 is 12.2 Å². The maximum absolute atomic E-state index is 12.5. The third kappa shape index (κ3) is 8.73. The molecule has 0 saturated carbocycles. The SMILES string of the molecule is CN(C(=O)OC(C)(C)C)[C@@H](CNC(=O)OCc1ccccc1)C[C@H]1CCCOC1. The molecule has 7 heteroatoms. The first-order valence-corrected chi connectivity index (χ1v) is 10.2. The second kappa shape index (κ2) is 11.0. The van der Waals surface area contributed by atoms with Crippen LogP contribution in [0.3, 0.4) is 0 Å². The van der Waals surface area contributed by atoms with Crippen LogP contribution in [0.4, 0.5) is 9.59 Å². The van der Waals surface area contributed by atoms with Crippen molar-refractivity contribution in [3.8, 4) is 0 Å². The minimum atomic E-state index is -0.577. The number of amides is 2. The second-order valence-corrected chi connectivity index (χ2v) is 8.51. The minimum Gasteiger partial charge on any atom is -0.445 e. The van der Waals surface area contributed by atoms with Crippen molar-refractivity contribution in [2.75, 3.05) is 26.8 Å². The molecule has 29 heavy (non-hydrogen) atoms. The lowest BCUT2D eigenvalue weighted by Gasteiger charge is -2.34. The average molecular weight is 407 g/mol. The van der Waals surface area contributed by atoms with E-state index in [-0.39, 0.29) is 12.6 Å². The summed E-state index contributed by atoms with van der Waals surface area (Å²) in [5, 5.41) is 2.79. The Bertz CT molecular complexity index is 638. The Hall–Kier alpha value is -2.28. The van der Waals surface area contributed by atoms with Crippen molar-refractivity contribution in [1.29, 1.82) is 0 Å². The molecular weight excluding hydrogens is 372 g/mol. The van der Waals surface area contributed by atoms with Crippen molar-refractivity contribution in [2.45, 2.75) is 58.3 Å². The maximum Gasteiger partial charge on any atom is 0.410 e. The Morgan fingerprint density at radius 3 is 2.62 bits per heavy atom. The fourth-order valence-electron chi connectivity index (χ4n) is 3.21. The summed E-state index contributed by atoms with van der Waals surface area (Å²) in [5.41, 5.74) is 0.343.